The molecule has 0 radical (unpaired) electrons. The standard InChI is InChI=1S/C13H13ClFNO3/c14-9-2-1-3-10(11(9)15)16-12(17)7-4-5-8(6-7)13(18)19/h1-3,7-8H,4-6H2,(H,16,17)(H,18,19)/t7-,8+/m1/s1. The van der Waals surface area contributed by atoms with Crippen LogP contribution in [0.2, 0.25) is 5.02 Å². The van der Waals surface area contributed by atoms with E-state index in [1.165, 1.54) is 18.2 Å². The number of carboxylic acid groups (broad SMARTS) is 1. The van der Waals surface area contributed by atoms with E-state index in [1.54, 1.807) is 0 Å². The van der Waals surface area contributed by atoms with Gasteiger partial charge in [0.15, 0.2) is 5.82 Å². The van der Waals surface area contributed by atoms with Gasteiger partial charge in [0.25, 0.3) is 0 Å². The highest BCUT2D eigenvalue weighted by Gasteiger charge is 2.34. The second kappa shape index (κ2) is 5.57. The molecule has 0 aromatic heterocycles. The number of carbonyl (C=O) groups excluding carboxylic acids is 1. The van der Waals surface area contributed by atoms with Crippen LogP contribution in [0.1, 0.15) is 19.3 Å². The fourth-order valence-electron chi connectivity index (χ4n) is 2.28. The number of amides is 1. The van der Waals surface area contributed by atoms with Crippen LogP contribution in [0.5, 0.6) is 0 Å². The average Bonchev–Trinajstić information content (AvgIpc) is 2.84. The van der Waals surface area contributed by atoms with Gasteiger partial charge in [-0.3, -0.25) is 9.59 Å². The minimum atomic E-state index is -0.885. The first-order valence-electron chi connectivity index (χ1n) is 5.96. The van der Waals surface area contributed by atoms with Crippen LogP contribution in [0.4, 0.5) is 10.1 Å². The Labute approximate surface area is 114 Å². The summed E-state index contributed by atoms with van der Waals surface area (Å²) in [7, 11) is 0. The van der Waals surface area contributed by atoms with Gasteiger partial charge in [0.05, 0.1) is 16.6 Å². The highest BCUT2D eigenvalue weighted by molar-refractivity contribution is 6.31. The van der Waals surface area contributed by atoms with Crippen molar-refractivity contribution in [1.29, 1.82) is 0 Å². The SMILES string of the molecule is O=C(O)[C@H]1CC[C@@H](C(=O)Nc2cccc(Cl)c2F)C1. The normalized spacial score (nSPS) is 22.2. The van der Waals surface area contributed by atoms with E-state index in [9.17, 15) is 14.0 Å². The number of aliphatic carboxylic acids is 1. The zero-order valence-electron chi connectivity index (χ0n) is 10.0. The second-order valence-corrected chi connectivity index (χ2v) is 5.04. The molecule has 1 amide bonds. The maximum atomic E-state index is 13.6. The Morgan fingerprint density at radius 2 is 2.00 bits per heavy atom. The summed E-state index contributed by atoms with van der Waals surface area (Å²) in [6.07, 6.45) is 1.28. The van der Waals surface area contributed by atoms with Crippen molar-refractivity contribution in [3.8, 4) is 0 Å². The quantitative estimate of drug-likeness (QED) is 0.897. The Kier molecular flexibility index (Phi) is 4.04. The minimum Gasteiger partial charge on any atom is -0.481 e. The van der Waals surface area contributed by atoms with Gasteiger partial charge < -0.3 is 10.4 Å². The monoisotopic (exact) mass is 285 g/mol. The molecular formula is C13H13ClFNO3. The van der Waals surface area contributed by atoms with Gasteiger partial charge in [-0.2, -0.15) is 0 Å². The van der Waals surface area contributed by atoms with Gasteiger partial charge in [-0.1, -0.05) is 17.7 Å². The lowest BCUT2D eigenvalue weighted by molar-refractivity contribution is -0.141. The van der Waals surface area contributed by atoms with Crippen molar-refractivity contribution in [2.24, 2.45) is 11.8 Å². The number of carboxylic acids is 1. The van der Waals surface area contributed by atoms with Crippen LogP contribution in [-0.4, -0.2) is 17.0 Å². The van der Waals surface area contributed by atoms with E-state index >= 15 is 0 Å². The van der Waals surface area contributed by atoms with Gasteiger partial charge in [-0.05, 0) is 31.4 Å². The van der Waals surface area contributed by atoms with Crippen molar-refractivity contribution in [3.63, 3.8) is 0 Å². The fourth-order valence-corrected chi connectivity index (χ4v) is 2.45. The molecule has 2 N–H and O–H groups in total. The molecule has 2 rings (SSSR count). The van der Waals surface area contributed by atoms with Gasteiger partial charge in [0.2, 0.25) is 5.91 Å². The van der Waals surface area contributed by atoms with E-state index in [-0.39, 0.29) is 22.5 Å². The summed E-state index contributed by atoms with van der Waals surface area (Å²) in [6, 6.07) is 4.35. The third-order valence-corrected chi connectivity index (χ3v) is 3.65. The summed E-state index contributed by atoms with van der Waals surface area (Å²) in [5.41, 5.74) is 0.0243. The summed E-state index contributed by atoms with van der Waals surface area (Å²) in [5.74, 6) is -2.79. The number of hydrogen-bond donors (Lipinski definition) is 2. The summed E-state index contributed by atoms with van der Waals surface area (Å²) in [5, 5.41) is 11.3. The largest absolute Gasteiger partial charge is 0.481 e. The van der Waals surface area contributed by atoms with Gasteiger partial charge in [-0.15, -0.1) is 0 Å². The van der Waals surface area contributed by atoms with Crippen molar-refractivity contribution in [3.05, 3.63) is 29.0 Å². The van der Waals surface area contributed by atoms with Gasteiger partial charge >= 0.3 is 5.97 Å². The Morgan fingerprint density at radius 3 is 2.63 bits per heavy atom. The molecule has 1 aliphatic rings. The summed E-state index contributed by atoms with van der Waals surface area (Å²) >= 11 is 5.62. The molecule has 1 fully saturated rings. The van der Waals surface area contributed by atoms with E-state index in [4.69, 9.17) is 16.7 Å². The van der Waals surface area contributed by atoms with Crippen LogP contribution in [0, 0.1) is 17.7 Å². The molecule has 19 heavy (non-hydrogen) atoms. The molecule has 2 atom stereocenters. The first-order valence-corrected chi connectivity index (χ1v) is 6.34. The summed E-state index contributed by atoms with van der Waals surface area (Å²) in [6.45, 7) is 0. The van der Waals surface area contributed by atoms with Crippen LogP contribution in [0.3, 0.4) is 0 Å². The molecule has 1 saturated carbocycles. The van der Waals surface area contributed by atoms with Crippen molar-refractivity contribution in [1.82, 2.24) is 0 Å². The number of carbonyl (C=O) groups is 2. The van der Waals surface area contributed by atoms with Crippen LogP contribution < -0.4 is 5.32 Å². The zero-order valence-corrected chi connectivity index (χ0v) is 10.8. The van der Waals surface area contributed by atoms with E-state index in [0.29, 0.717) is 19.3 Å². The number of nitrogens with one attached hydrogen (secondary N) is 1. The van der Waals surface area contributed by atoms with E-state index in [1.807, 2.05) is 0 Å². The van der Waals surface area contributed by atoms with Gasteiger partial charge in [0.1, 0.15) is 0 Å². The highest BCUT2D eigenvalue weighted by Crippen LogP contribution is 2.32. The van der Waals surface area contributed by atoms with Crippen LogP contribution in [0.15, 0.2) is 18.2 Å². The number of rotatable bonds is 3. The number of anilines is 1. The average molecular weight is 286 g/mol. The molecule has 0 spiro atoms. The molecule has 102 valence electrons. The van der Waals surface area contributed by atoms with Crippen molar-refractivity contribution in [2.45, 2.75) is 19.3 Å². The molecule has 0 aliphatic heterocycles. The van der Waals surface area contributed by atoms with E-state index in [0.717, 1.165) is 0 Å². The number of halogens is 2. The molecule has 0 heterocycles. The third-order valence-electron chi connectivity index (χ3n) is 3.36. The zero-order chi connectivity index (χ0) is 14.0. The number of hydrogen-bond acceptors (Lipinski definition) is 2. The predicted octanol–water partition coefficient (Wildman–Crippen LogP) is 2.92. The van der Waals surface area contributed by atoms with Crippen LogP contribution >= 0.6 is 11.6 Å². The van der Waals surface area contributed by atoms with Crippen LogP contribution in [0.25, 0.3) is 0 Å². The molecule has 0 bridgehead atoms. The first kappa shape index (κ1) is 13.8. The topological polar surface area (TPSA) is 66.4 Å². The minimum absolute atomic E-state index is 0.0243. The second-order valence-electron chi connectivity index (χ2n) is 4.64. The summed E-state index contributed by atoms with van der Waals surface area (Å²) < 4.78 is 13.6. The Hall–Kier alpha value is -1.62. The van der Waals surface area contributed by atoms with Gasteiger partial charge in [-0.25, -0.2) is 4.39 Å². The number of benzene rings is 1. The lowest BCUT2D eigenvalue weighted by atomic mass is 10.0. The van der Waals surface area contributed by atoms with Crippen LogP contribution in [-0.2, 0) is 9.59 Å². The molecule has 1 aromatic rings. The van der Waals surface area contributed by atoms with E-state index in [2.05, 4.69) is 5.32 Å². The van der Waals surface area contributed by atoms with Crippen molar-refractivity contribution in [2.75, 3.05) is 5.32 Å². The summed E-state index contributed by atoms with van der Waals surface area (Å²) in [4.78, 5) is 22.8. The maximum absolute atomic E-state index is 13.6. The molecule has 0 unspecified atom stereocenters. The lowest BCUT2D eigenvalue weighted by Crippen LogP contribution is -2.22. The van der Waals surface area contributed by atoms with Crippen molar-refractivity contribution < 1.29 is 19.1 Å². The smallest absolute Gasteiger partial charge is 0.306 e. The maximum Gasteiger partial charge on any atom is 0.306 e. The molecule has 0 saturated heterocycles. The molecular weight excluding hydrogens is 273 g/mol. The highest BCUT2D eigenvalue weighted by atomic mass is 35.5. The molecule has 1 aromatic carbocycles. The Morgan fingerprint density at radius 1 is 1.32 bits per heavy atom. The molecule has 1 aliphatic carbocycles. The third kappa shape index (κ3) is 3.04. The van der Waals surface area contributed by atoms with Gasteiger partial charge in [0, 0.05) is 5.92 Å². The first-order chi connectivity index (χ1) is 8.99. The Balaban J connectivity index is 2.02. The predicted molar refractivity (Wildman–Crippen MR) is 68.5 cm³/mol. The molecule has 6 heteroatoms. The fraction of sp³-hybridized carbons (Fsp3) is 0.385. The molecule has 4 nitrogen and oxygen atoms in total. The Bertz CT molecular complexity index is 521. The van der Waals surface area contributed by atoms with Crippen molar-refractivity contribution >= 4 is 29.2 Å². The lowest BCUT2D eigenvalue weighted by Gasteiger charge is -2.11. The van der Waals surface area contributed by atoms with E-state index < -0.39 is 17.7 Å².